The summed E-state index contributed by atoms with van der Waals surface area (Å²) in [7, 11) is 0. The van der Waals surface area contributed by atoms with E-state index in [4.69, 9.17) is 20.4 Å². The zero-order valence-corrected chi connectivity index (χ0v) is 15.5. The third-order valence-corrected chi connectivity index (χ3v) is 3.10. The number of hydrogen-bond donors (Lipinski definition) is 4. The van der Waals surface area contributed by atoms with E-state index in [-0.39, 0.29) is 30.5 Å². The lowest BCUT2D eigenvalue weighted by Crippen LogP contribution is -2.20. The Morgan fingerprint density at radius 2 is 1.35 bits per heavy atom. The van der Waals surface area contributed by atoms with Gasteiger partial charge in [0, 0.05) is 5.41 Å². The van der Waals surface area contributed by atoms with E-state index < -0.39 is 11.9 Å². The summed E-state index contributed by atoms with van der Waals surface area (Å²) in [6.45, 7) is 11.0. The summed E-state index contributed by atoms with van der Waals surface area (Å²) in [6, 6.07) is 0. The third kappa shape index (κ3) is 20.9. The van der Waals surface area contributed by atoms with Crippen molar-refractivity contribution in [2.75, 3.05) is 13.2 Å². The molecule has 6 nitrogen and oxygen atoms in total. The fraction of sp³-hybridized carbons (Fsp3) is 0.882. The van der Waals surface area contributed by atoms with Crippen LogP contribution in [-0.4, -0.2) is 45.6 Å². The van der Waals surface area contributed by atoms with Gasteiger partial charge < -0.3 is 20.4 Å². The van der Waals surface area contributed by atoms with Gasteiger partial charge in [0.15, 0.2) is 0 Å². The minimum Gasteiger partial charge on any atom is -0.481 e. The van der Waals surface area contributed by atoms with Crippen molar-refractivity contribution >= 4 is 11.9 Å². The molecule has 0 spiro atoms. The Morgan fingerprint density at radius 1 is 0.957 bits per heavy atom. The SMILES string of the molecule is CC(C)(CO)CO.CC(C)C(=O)O.CCCCC(CC)C(=O)O. The first kappa shape index (κ1) is 26.7. The van der Waals surface area contributed by atoms with Gasteiger partial charge in [-0.1, -0.05) is 54.4 Å². The van der Waals surface area contributed by atoms with E-state index in [1.807, 2.05) is 6.92 Å². The Hall–Kier alpha value is -1.14. The zero-order valence-electron chi connectivity index (χ0n) is 15.5. The Morgan fingerprint density at radius 3 is 1.48 bits per heavy atom. The minimum absolute atomic E-state index is 0.0451. The fourth-order valence-electron chi connectivity index (χ4n) is 1.00. The molecule has 0 radical (unpaired) electrons. The van der Waals surface area contributed by atoms with Gasteiger partial charge in [0.05, 0.1) is 25.0 Å². The Balaban J connectivity index is -0.000000272. The molecule has 0 bridgehead atoms. The van der Waals surface area contributed by atoms with Crippen LogP contribution in [0.3, 0.4) is 0 Å². The molecule has 1 atom stereocenters. The highest BCUT2D eigenvalue weighted by atomic mass is 16.4. The molecule has 4 N–H and O–H groups in total. The number of aliphatic hydroxyl groups excluding tert-OH is 2. The standard InChI is InChI=1S/C8H16O2.C5H12O2.C4H8O2/c1-3-5-6-7(4-2)8(9)10;1-5(2,3-6)4-7;1-3(2)4(5)6/h7H,3-6H2,1-2H3,(H,9,10);6-7H,3-4H2,1-2H3;3H,1-2H3,(H,5,6). The molecule has 23 heavy (non-hydrogen) atoms. The number of carboxylic acid groups (broad SMARTS) is 2. The lowest BCUT2D eigenvalue weighted by Gasteiger charge is -2.16. The van der Waals surface area contributed by atoms with E-state index in [0.717, 1.165) is 25.7 Å². The zero-order chi connectivity index (χ0) is 19.1. The topological polar surface area (TPSA) is 115 Å². The Labute approximate surface area is 140 Å². The highest BCUT2D eigenvalue weighted by molar-refractivity contribution is 5.69. The van der Waals surface area contributed by atoms with Crippen LogP contribution in [0.15, 0.2) is 0 Å². The van der Waals surface area contributed by atoms with Crippen LogP contribution < -0.4 is 0 Å². The van der Waals surface area contributed by atoms with E-state index in [1.165, 1.54) is 0 Å². The quantitative estimate of drug-likeness (QED) is 0.541. The minimum atomic E-state index is -0.741. The van der Waals surface area contributed by atoms with Gasteiger partial charge in [-0.05, 0) is 12.8 Å². The summed E-state index contributed by atoms with van der Waals surface area (Å²) in [5, 5.41) is 33.5. The molecule has 0 aromatic rings. The largest absolute Gasteiger partial charge is 0.481 e. The summed E-state index contributed by atoms with van der Waals surface area (Å²) in [5.74, 6) is -1.73. The number of hydrogen-bond acceptors (Lipinski definition) is 4. The van der Waals surface area contributed by atoms with Crippen LogP contribution in [0.2, 0.25) is 0 Å². The molecule has 6 heteroatoms. The molecule has 0 aromatic carbocycles. The fourth-order valence-corrected chi connectivity index (χ4v) is 1.00. The molecular formula is C17H36O6. The molecular weight excluding hydrogens is 300 g/mol. The number of carboxylic acids is 2. The Kier molecular flexibility index (Phi) is 18.3. The van der Waals surface area contributed by atoms with Crippen molar-refractivity contribution < 1.29 is 30.0 Å². The first-order chi connectivity index (χ1) is 10.5. The summed E-state index contributed by atoms with van der Waals surface area (Å²) in [4.78, 5) is 20.1. The van der Waals surface area contributed by atoms with Gasteiger partial charge in [-0.2, -0.15) is 0 Å². The van der Waals surface area contributed by atoms with Gasteiger partial charge >= 0.3 is 11.9 Å². The second-order valence-electron chi connectivity index (χ2n) is 6.56. The molecule has 0 amide bonds. The first-order valence-corrected chi connectivity index (χ1v) is 8.16. The molecule has 0 heterocycles. The van der Waals surface area contributed by atoms with Gasteiger partial charge in [0.2, 0.25) is 0 Å². The summed E-state index contributed by atoms with van der Waals surface area (Å²) in [6.07, 6.45) is 3.71. The molecule has 0 saturated carbocycles. The number of carbonyl (C=O) groups is 2. The molecule has 0 saturated heterocycles. The molecule has 0 aromatic heterocycles. The molecule has 140 valence electrons. The number of unbranched alkanes of at least 4 members (excludes halogenated alkanes) is 1. The van der Waals surface area contributed by atoms with Crippen molar-refractivity contribution in [2.45, 2.75) is 67.2 Å². The van der Waals surface area contributed by atoms with Crippen LogP contribution in [0.25, 0.3) is 0 Å². The highest BCUT2D eigenvalue weighted by Gasteiger charge is 2.13. The summed E-state index contributed by atoms with van der Waals surface area (Å²) >= 11 is 0. The number of aliphatic hydroxyl groups is 2. The second-order valence-corrected chi connectivity index (χ2v) is 6.56. The van der Waals surface area contributed by atoms with Crippen LogP contribution in [0.5, 0.6) is 0 Å². The lowest BCUT2D eigenvalue weighted by atomic mass is 9.97. The first-order valence-electron chi connectivity index (χ1n) is 8.16. The normalized spacial score (nSPS) is 11.7. The van der Waals surface area contributed by atoms with Gasteiger partial charge in [-0.3, -0.25) is 9.59 Å². The molecule has 0 aliphatic heterocycles. The van der Waals surface area contributed by atoms with Gasteiger partial charge in [0.1, 0.15) is 0 Å². The maximum Gasteiger partial charge on any atom is 0.306 e. The lowest BCUT2D eigenvalue weighted by molar-refractivity contribution is -0.142. The maximum atomic E-state index is 10.4. The van der Waals surface area contributed by atoms with Crippen molar-refractivity contribution in [3.05, 3.63) is 0 Å². The third-order valence-electron chi connectivity index (χ3n) is 3.10. The average Bonchev–Trinajstić information content (AvgIpc) is 2.49. The van der Waals surface area contributed by atoms with E-state index in [0.29, 0.717) is 0 Å². The summed E-state index contributed by atoms with van der Waals surface area (Å²) < 4.78 is 0. The van der Waals surface area contributed by atoms with Crippen molar-refractivity contribution in [1.82, 2.24) is 0 Å². The van der Waals surface area contributed by atoms with Gasteiger partial charge in [-0.15, -0.1) is 0 Å². The number of aliphatic carboxylic acids is 2. The van der Waals surface area contributed by atoms with Crippen LogP contribution in [0.1, 0.15) is 67.2 Å². The van der Waals surface area contributed by atoms with E-state index in [1.54, 1.807) is 27.7 Å². The average molecular weight is 336 g/mol. The predicted molar refractivity (Wildman–Crippen MR) is 91.4 cm³/mol. The van der Waals surface area contributed by atoms with E-state index in [2.05, 4.69) is 6.92 Å². The van der Waals surface area contributed by atoms with Crippen LogP contribution in [0.4, 0.5) is 0 Å². The Bertz CT molecular complexity index is 293. The van der Waals surface area contributed by atoms with Crippen molar-refractivity contribution in [2.24, 2.45) is 17.3 Å². The van der Waals surface area contributed by atoms with E-state index in [9.17, 15) is 9.59 Å². The smallest absolute Gasteiger partial charge is 0.306 e. The second kappa shape index (κ2) is 15.7. The number of rotatable bonds is 8. The van der Waals surface area contributed by atoms with Crippen molar-refractivity contribution in [3.8, 4) is 0 Å². The monoisotopic (exact) mass is 336 g/mol. The van der Waals surface area contributed by atoms with Crippen LogP contribution >= 0.6 is 0 Å². The van der Waals surface area contributed by atoms with Crippen molar-refractivity contribution in [1.29, 1.82) is 0 Å². The molecule has 1 unspecified atom stereocenters. The molecule has 0 fully saturated rings. The molecule has 0 rings (SSSR count). The van der Waals surface area contributed by atoms with Crippen molar-refractivity contribution in [3.63, 3.8) is 0 Å². The van der Waals surface area contributed by atoms with E-state index >= 15 is 0 Å². The molecule has 0 aliphatic carbocycles. The predicted octanol–water partition coefficient (Wildman–Crippen LogP) is 3.01. The molecule has 0 aliphatic rings. The highest BCUT2D eigenvalue weighted by Crippen LogP contribution is 2.12. The van der Waals surface area contributed by atoms with Gasteiger partial charge in [0.25, 0.3) is 0 Å². The maximum absolute atomic E-state index is 10.4. The van der Waals surface area contributed by atoms with Crippen LogP contribution in [-0.2, 0) is 9.59 Å². The van der Waals surface area contributed by atoms with Crippen LogP contribution in [0, 0.1) is 17.3 Å². The van der Waals surface area contributed by atoms with Gasteiger partial charge in [-0.25, -0.2) is 0 Å². The summed E-state index contributed by atoms with van der Waals surface area (Å²) in [5.41, 5.74) is -0.306.